The molecule has 0 unspecified atom stereocenters. The fourth-order valence-electron chi connectivity index (χ4n) is 1.45. The summed E-state index contributed by atoms with van der Waals surface area (Å²) in [6, 6.07) is 9.17. The molecule has 2 N–H and O–H groups in total. The van der Waals surface area contributed by atoms with E-state index in [4.69, 9.17) is 12.2 Å². The maximum Gasteiger partial charge on any atom is 0.240 e. The minimum Gasteiger partial charge on any atom is -0.333 e. The van der Waals surface area contributed by atoms with Gasteiger partial charge >= 0.3 is 0 Å². The topological polar surface area (TPSA) is 46.3 Å². The third-order valence-electron chi connectivity index (χ3n) is 2.32. The van der Waals surface area contributed by atoms with Gasteiger partial charge < -0.3 is 10.6 Å². The summed E-state index contributed by atoms with van der Waals surface area (Å²) in [5.41, 5.74) is 6.87. The van der Waals surface area contributed by atoms with Gasteiger partial charge in [0, 0.05) is 7.05 Å². The highest BCUT2D eigenvalue weighted by atomic mass is 16.2. The van der Waals surface area contributed by atoms with Crippen molar-refractivity contribution in [1.82, 2.24) is 4.90 Å². The lowest BCUT2D eigenvalue weighted by atomic mass is 10.1. The molecule has 0 aliphatic heterocycles. The molecule has 1 aromatic rings. The van der Waals surface area contributed by atoms with Crippen molar-refractivity contribution in [3.05, 3.63) is 35.9 Å². The lowest BCUT2D eigenvalue weighted by Gasteiger charge is -2.19. The number of carbonyl (C=O) groups is 1. The smallest absolute Gasteiger partial charge is 0.240 e. The Kier molecular flexibility index (Phi) is 4.56. The van der Waals surface area contributed by atoms with E-state index in [1.54, 1.807) is 7.05 Å². The summed E-state index contributed by atoms with van der Waals surface area (Å²) in [4.78, 5) is 13.2. The molecule has 0 bridgehead atoms. The van der Waals surface area contributed by atoms with E-state index in [1.807, 2.05) is 30.3 Å². The molecule has 1 rings (SSSR count). The third-order valence-corrected chi connectivity index (χ3v) is 2.32. The van der Waals surface area contributed by atoms with Crippen LogP contribution in [0.25, 0.3) is 0 Å². The number of rotatable bonds is 4. The summed E-state index contributed by atoms with van der Waals surface area (Å²) >= 11 is 0. The fourth-order valence-corrected chi connectivity index (χ4v) is 1.45. The van der Waals surface area contributed by atoms with Crippen molar-refractivity contribution in [1.29, 1.82) is 0 Å². The molecule has 0 fully saturated rings. The van der Waals surface area contributed by atoms with Crippen molar-refractivity contribution in [3.63, 3.8) is 0 Å². The average Bonchev–Trinajstić information content (AvgIpc) is 2.29. The summed E-state index contributed by atoms with van der Waals surface area (Å²) in [6.07, 6.45) is 5.67. The zero-order valence-electron chi connectivity index (χ0n) is 9.39. The van der Waals surface area contributed by atoms with Gasteiger partial charge in [-0.25, -0.2) is 0 Å². The second-order valence-corrected chi connectivity index (χ2v) is 3.69. The lowest BCUT2D eigenvalue weighted by Crippen LogP contribution is -2.43. The molecule has 0 saturated carbocycles. The maximum atomic E-state index is 11.7. The van der Waals surface area contributed by atoms with Crippen LogP contribution in [0.2, 0.25) is 0 Å². The van der Waals surface area contributed by atoms with Gasteiger partial charge in [-0.2, -0.15) is 0 Å². The second kappa shape index (κ2) is 5.94. The van der Waals surface area contributed by atoms with Crippen LogP contribution in [0, 0.1) is 12.3 Å². The zero-order chi connectivity index (χ0) is 12.0. The van der Waals surface area contributed by atoms with Gasteiger partial charge in [-0.15, -0.1) is 6.42 Å². The van der Waals surface area contributed by atoms with Gasteiger partial charge in [-0.3, -0.25) is 4.79 Å². The fraction of sp³-hybridized carbons (Fsp3) is 0.308. The van der Waals surface area contributed by atoms with Crippen LogP contribution in [0.3, 0.4) is 0 Å². The standard InChI is InChI=1S/C13H16N2O/c1-3-9-15(2)13(16)12(14)10-11-7-5-4-6-8-11/h1,4-8,12H,9-10,14H2,2H3/t12-/m1/s1. The first-order valence-corrected chi connectivity index (χ1v) is 5.13. The highest BCUT2D eigenvalue weighted by molar-refractivity contribution is 5.81. The summed E-state index contributed by atoms with van der Waals surface area (Å²) in [7, 11) is 1.66. The molecule has 1 amide bonds. The van der Waals surface area contributed by atoms with Crippen LogP contribution in [0.5, 0.6) is 0 Å². The van der Waals surface area contributed by atoms with Crippen LogP contribution < -0.4 is 5.73 Å². The predicted molar refractivity (Wildman–Crippen MR) is 64.6 cm³/mol. The molecule has 3 nitrogen and oxygen atoms in total. The van der Waals surface area contributed by atoms with E-state index in [2.05, 4.69) is 5.92 Å². The number of nitrogens with zero attached hydrogens (tertiary/aromatic N) is 1. The summed E-state index contributed by atoms with van der Waals surface area (Å²) < 4.78 is 0. The van der Waals surface area contributed by atoms with Crippen molar-refractivity contribution in [2.75, 3.05) is 13.6 Å². The Labute approximate surface area is 96.2 Å². The highest BCUT2D eigenvalue weighted by Gasteiger charge is 2.17. The summed E-state index contributed by atoms with van der Waals surface area (Å²) in [6.45, 7) is 0.293. The van der Waals surface area contributed by atoms with Gasteiger partial charge in [0.05, 0.1) is 12.6 Å². The minimum atomic E-state index is -0.527. The Bertz CT molecular complexity index is 381. The number of terminal acetylenes is 1. The van der Waals surface area contributed by atoms with Crippen molar-refractivity contribution < 1.29 is 4.79 Å². The number of hydrogen-bond donors (Lipinski definition) is 1. The number of hydrogen-bond acceptors (Lipinski definition) is 2. The molecule has 0 aliphatic carbocycles. The Morgan fingerprint density at radius 1 is 1.50 bits per heavy atom. The van der Waals surface area contributed by atoms with E-state index in [0.29, 0.717) is 13.0 Å². The summed E-state index contributed by atoms with van der Waals surface area (Å²) in [5.74, 6) is 2.29. The molecule has 16 heavy (non-hydrogen) atoms. The van der Waals surface area contributed by atoms with Crippen LogP contribution in [0.15, 0.2) is 30.3 Å². The monoisotopic (exact) mass is 216 g/mol. The van der Waals surface area contributed by atoms with Crippen LogP contribution >= 0.6 is 0 Å². The summed E-state index contributed by atoms with van der Waals surface area (Å²) in [5, 5.41) is 0. The predicted octanol–water partition coefficient (Wildman–Crippen LogP) is 0.648. The Morgan fingerprint density at radius 2 is 2.12 bits per heavy atom. The van der Waals surface area contributed by atoms with E-state index >= 15 is 0 Å². The zero-order valence-corrected chi connectivity index (χ0v) is 9.39. The van der Waals surface area contributed by atoms with Gasteiger partial charge in [-0.1, -0.05) is 36.3 Å². The van der Waals surface area contributed by atoms with Gasteiger partial charge in [0.15, 0.2) is 0 Å². The molecule has 0 radical (unpaired) electrons. The SMILES string of the molecule is C#CCN(C)C(=O)[C@H](N)Cc1ccccc1. The molecule has 1 aromatic carbocycles. The first kappa shape index (κ1) is 12.3. The molecule has 0 aromatic heterocycles. The van der Waals surface area contributed by atoms with Gasteiger partial charge in [0.25, 0.3) is 0 Å². The first-order chi connectivity index (χ1) is 7.65. The van der Waals surface area contributed by atoms with Crippen LogP contribution in [0.4, 0.5) is 0 Å². The molecule has 3 heteroatoms. The van der Waals surface area contributed by atoms with Crippen LogP contribution in [-0.4, -0.2) is 30.4 Å². The van der Waals surface area contributed by atoms with E-state index in [-0.39, 0.29) is 5.91 Å². The van der Waals surface area contributed by atoms with E-state index in [1.165, 1.54) is 4.90 Å². The normalized spacial score (nSPS) is 11.6. The molecule has 0 saturated heterocycles. The van der Waals surface area contributed by atoms with Crippen molar-refractivity contribution >= 4 is 5.91 Å². The number of benzene rings is 1. The molecule has 0 spiro atoms. The largest absolute Gasteiger partial charge is 0.333 e. The van der Waals surface area contributed by atoms with Crippen LogP contribution in [0.1, 0.15) is 5.56 Å². The van der Waals surface area contributed by atoms with Gasteiger partial charge in [-0.05, 0) is 12.0 Å². The van der Waals surface area contributed by atoms with E-state index in [9.17, 15) is 4.79 Å². The quantitative estimate of drug-likeness (QED) is 0.751. The van der Waals surface area contributed by atoms with Gasteiger partial charge in [0.2, 0.25) is 5.91 Å². The van der Waals surface area contributed by atoms with Gasteiger partial charge in [0.1, 0.15) is 0 Å². The Hall–Kier alpha value is -1.79. The molecule has 1 atom stereocenters. The minimum absolute atomic E-state index is 0.123. The van der Waals surface area contributed by atoms with E-state index in [0.717, 1.165) is 5.56 Å². The lowest BCUT2D eigenvalue weighted by molar-refractivity contribution is -0.130. The highest BCUT2D eigenvalue weighted by Crippen LogP contribution is 2.03. The Balaban J connectivity index is 2.56. The maximum absolute atomic E-state index is 11.7. The molecule has 0 aliphatic rings. The first-order valence-electron chi connectivity index (χ1n) is 5.13. The molecule has 84 valence electrons. The molecular weight excluding hydrogens is 200 g/mol. The van der Waals surface area contributed by atoms with Crippen molar-refractivity contribution in [2.45, 2.75) is 12.5 Å². The van der Waals surface area contributed by atoms with Crippen molar-refractivity contribution in [2.24, 2.45) is 5.73 Å². The van der Waals surface area contributed by atoms with Crippen molar-refractivity contribution in [3.8, 4) is 12.3 Å². The number of likely N-dealkylation sites (N-methyl/N-ethyl adjacent to an activating group) is 1. The number of nitrogens with two attached hydrogens (primary N) is 1. The molecular formula is C13H16N2O. The number of carbonyl (C=O) groups excluding carboxylic acids is 1. The Morgan fingerprint density at radius 3 is 2.69 bits per heavy atom. The van der Waals surface area contributed by atoms with E-state index < -0.39 is 6.04 Å². The van der Waals surface area contributed by atoms with Crippen LogP contribution in [-0.2, 0) is 11.2 Å². The number of amides is 1. The second-order valence-electron chi connectivity index (χ2n) is 3.69. The average molecular weight is 216 g/mol. The third kappa shape index (κ3) is 3.41. The molecule has 0 heterocycles.